The number of pyridine rings is 2. The molecule has 0 aliphatic carbocycles. The van der Waals surface area contributed by atoms with E-state index in [-0.39, 0.29) is 97.6 Å². The molecule has 0 saturated carbocycles. The molecule has 2 aliphatic rings. The number of anilines is 2. The van der Waals surface area contributed by atoms with E-state index in [1.807, 2.05) is 10.7 Å². The van der Waals surface area contributed by atoms with Crippen LogP contribution in [0.15, 0.2) is 89.3 Å². The number of carboxylic acid groups (broad SMARTS) is 1. The minimum atomic E-state index is -6.22. The summed E-state index contributed by atoms with van der Waals surface area (Å²) in [6.07, 6.45) is -17.4. The number of nitrogens with one attached hydrogen (secondary N) is 1. The van der Waals surface area contributed by atoms with Crippen LogP contribution < -0.4 is 41.0 Å². The second-order valence-electron chi connectivity index (χ2n) is 21.7. The number of thiophene rings is 6. The smallest absolute Gasteiger partial charge is 0.870 e. The molecule has 2 aliphatic heterocycles. The van der Waals surface area contributed by atoms with Crippen LogP contribution in [0.3, 0.4) is 0 Å². The fourth-order valence-corrected chi connectivity index (χ4v) is 15.6. The summed E-state index contributed by atoms with van der Waals surface area (Å²) in [5.74, 6) is -9.78. The zero-order valence-electron chi connectivity index (χ0n) is 63.4. The molecule has 0 atom stereocenters. The van der Waals surface area contributed by atoms with Gasteiger partial charge in [-0.3, -0.25) is 14.4 Å². The van der Waals surface area contributed by atoms with Gasteiger partial charge in [-0.1, -0.05) is 11.3 Å². The van der Waals surface area contributed by atoms with Crippen molar-refractivity contribution in [2.45, 2.75) is 89.0 Å². The minimum Gasteiger partial charge on any atom is -0.870 e. The van der Waals surface area contributed by atoms with Crippen LogP contribution in [0, 0.1) is 34.2 Å². The van der Waals surface area contributed by atoms with Gasteiger partial charge in [0.2, 0.25) is 17.1 Å². The summed E-state index contributed by atoms with van der Waals surface area (Å²) >= 11 is 14.8. The van der Waals surface area contributed by atoms with Gasteiger partial charge in [-0.2, -0.15) is 69.9 Å². The number of amides is 1. The van der Waals surface area contributed by atoms with Crippen LogP contribution in [0.25, 0.3) is 14.5 Å². The van der Waals surface area contributed by atoms with Gasteiger partial charge in [-0.15, -0.1) is 68.0 Å². The first-order valence-corrected chi connectivity index (χ1v) is 41.4. The van der Waals surface area contributed by atoms with Gasteiger partial charge in [0.25, 0.3) is 29.9 Å². The molecule has 0 bridgehead atoms. The number of hydrogen-bond acceptors (Lipinski definition) is 26. The fourth-order valence-electron chi connectivity index (χ4n) is 7.54. The monoisotopic (exact) mass is 2270 g/mol. The first-order valence-electron chi connectivity index (χ1n) is 31.6. The van der Waals surface area contributed by atoms with Crippen molar-refractivity contribution >= 4 is 219 Å². The van der Waals surface area contributed by atoms with Gasteiger partial charge >= 0.3 is 94.9 Å². The summed E-state index contributed by atoms with van der Waals surface area (Å²) in [5.41, 5.74) is 0.252. The van der Waals surface area contributed by atoms with Gasteiger partial charge in [0, 0.05) is 69.8 Å². The molecule has 10 rings (SSSR count). The van der Waals surface area contributed by atoms with Crippen molar-refractivity contribution in [2.75, 3.05) is 73.0 Å². The van der Waals surface area contributed by atoms with E-state index in [4.69, 9.17) is 40.0 Å². The SMILES string of the molecule is C.C1CCOC1.C1CCOC1.COC(=O)C(F)(F)S(=O)(=O)F.COC(=O)c1cc(Br)c(C(F)(F)F)s1.COC(=O)c1cc(Br)c(I)s1.COC(=O)c1cc(Br)cs1.Nc1cc(F)c(=O)n(CC(F)F)c1.[C-]#[N+]c1cc(C(=O)Nc2cc(F)c(=O)n(CC(F)F)c2)sc1C(F)(F)F.[C-]#[N+]c1cc(C(=O)O)sc1C(F)(F)F.[C-]#[N+]c1cc(C(=O)OC)sc1C(F)(F)F.[Li+].[OH-]. The van der Waals surface area contributed by atoms with Crippen molar-refractivity contribution < 1.29 is 196 Å². The Kier molecular flexibility index (Phi) is 55.2. The summed E-state index contributed by atoms with van der Waals surface area (Å²) < 4.78 is 312. The third-order valence-corrected chi connectivity index (χ3v) is 24.6. The third kappa shape index (κ3) is 42.1. The van der Waals surface area contributed by atoms with Crippen LogP contribution in [-0.4, -0.2) is 150 Å². The van der Waals surface area contributed by atoms with Crippen molar-refractivity contribution in [3.05, 3.63) is 198 Å². The van der Waals surface area contributed by atoms with Gasteiger partial charge in [0.15, 0.2) is 11.6 Å². The largest absolute Gasteiger partial charge is 1.00 e. The van der Waals surface area contributed by atoms with Gasteiger partial charge in [-0.25, -0.2) is 69.6 Å². The van der Waals surface area contributed by atoms with Crippen molar-refractivity contribution in [1.29, 1.82) is 0 Å². The number of carbonyl (C=O) groups excluding carboxylic acids is 6. The summed E-state index contributed by atoms with van der Waals surface area (Å²) in [6, 6.07) is 8.26. The maximum atomic E-state index is 13.5. The normalized spacial score (nSPS) is 11.8. The molecule has 1 amide bonds. The third-order valence-electron chi connectivity index (χ3n) is 12.8. The second-order valence-corrected chi connectivity index (χ2v) is 33.7. The molecule has 0 unspecified atom stereocenters. The number of ether oxygens (including phenoxy) is 7. The van der Waals surface area contributed by atoms with Gasteiger partial charge < -0.3 is 63.9 Å². The molecule has 10 heterocycles. The number of nitrogen functional groups attached to an aromatic ring is 1. The molecule has 0 radical (unpaired) electrons. The van der Waals surface area contributed by atoms with E-state index >= 15 is 0 Å². The predicted molar refractivity (Wildman–Crippen MR) is 434 cm³/mol. The van der Waals surface area contributed by atoms with E-state index < -0.39 is 171 Å². The van der Waals surface area contributed by atoms with Crippen LogP contribution >= 0.6 is 138 Å². The number of nitrogens with two attached hydrogens (primary N) is 1. The summed E-state index contributed by atoms with van der Waals surface area (Å²) in [5, 5.41) is 7.17. The number of rotatable bonds is 13. The Morgan fingerprint density at radius 3 is 1.18 bits per heavy atom. The molecular weight excluding hydrogens is 2220 g/mol. The molecular formula is C67H57Br3F21ILiN7O20S7. The van der Waals surface area contributed by atoms with Crippen molar-refractivity contribution in [3.8, 4) is 0 Å². The Balaban J connectivity index is -0.00000138. The molecule has 0 aromatic carbocycles. The second kappa shape index (κ2) is 57.1. The number of aromatic nitrogens is 2. The van der Waals surface area contributed by atoms with E-state index in [0.29, 0.717) is 49.5 Å². The quantitative estimate of drug-likeness (QED) is 0.0184. The Hall–Kier alpha value is -8.21. The van der Waals surface area contributed by atoms with Gasteiger partial charge in [0.05, 0.1) is 87.5 Å². The number of hydrogen-bond donors (Lipinski definition) is 3. The Morgan fingerprint density at radius 1 is 0.543 bits per heavy atom. The fraction of sp³-hybridized carbons (Fsp3) is 0.343. The van der Waals surface area contributed by atoms with Gasteiger partial charge in [0.1, 0.15) is 43.9 Å². The standard InChI is InChI=1S/C14H7F6N3O2S.C8H4F3NO2S.C7H4BrF3O2S.C7H7F3N2O.C7H2F3NO2S.C6H4BrIO2S.C6H5BrO2S.2C4H8O.C3H3F3O4S.CH4.Li.H2O/c1-21-8-3-9(26-11(8)14(18,19)20)12(24)22-6-2-7(15)13(25)23(4-6)5-10(16)17;1-12-4-3-5(7(13)14-2)15-6(4)8(9,10)11;1-13-6(12)4-2-3(8)5(14-4)7(9,10)11;8-5-1-4(11)2-12(7(5)13)3-6(9)10;1-11-3-2-4(6(12)13)14-5(3)7(8,9)10;1-10-6(9)4-2-3(7)5(8)11-4;1-9-6(8)5-2-4(7)3-10-5;2*1-2-4-5-3-1;1-10-2(7)3(4,5)11(6,8)9;;;/h2-4,10H,5H2,(H,22,24);3H,2H3;2H,1H3;1-2,6H,3,11H2;2H,(H,12,13);2H,1H3;2-3H,1H3;2*1-4H2;1H3;1H4;;1H2/q;;;;;;;;;;;+1;/p-1. The summed E-state index contributed by atoms with van der Waals surface area (Å²) in [4.78, 5) is 102. The number of carbonyl (C=O) groups is 7. The van der Waals surface area contributed by atoms with Crippen LogP contribution in [0.5, 0.6) is 0 Å². The Labute approximate surface area is 777 Å². The van der Waals surface area contributed by atoms with E-state index in [0.717, 1.165) is 89.1 Å². The molecule has 2 saturated heterocycles. The topological polar surface area (TPSA) is 364 Å². The van der Waals surface area contributed by atoms with E-state index in [1.165, 1.54) is 62.6 Å². The van der Waals surface area contributed by atoms with E-state index in [1.54, 1.807) is 12.1 Å². The molecule has 60 heteroatoms. The average Bonchev–Trinajstić information content (AvgIpc) is 1.69. The molecule has 698 valence electrons. The zero-order chi connectivity index (χ0) is 95.5. The Bertz CT molecular complexity index is 5300. The van der Waals surface area contributed by atoms with Crippen LogP contribution in [0.2, 0.25) is 0 Å². The maximum Gasteiger partial charge on any atom is 1.00 e. The molecule has 127 heavy (non-hydrogen) atoms. The molecule has 2 fully saturated rings. The molecule has 8 aromatic heterocycles. The van der Waals surface area contributed by atoms with Gasteiger partial charge in [-0.05, 0) is 132 Å². The van der Waals surface area contributed by atoms with E-state index in [9.17, 15) is 143 Å². The van der Waals surface area contributed by atoms with Crippen molar-refractivity contribution in [3.63, 3.8) is 0 Å². The first-order chi connectivity index (χ1) is 57.3. The number of aromatic carboxylic acids is 1. The van der Waals surface area contributed by atoms with Crippen molar-refractivity contribution in [2.24, 2.45) is 0 Å². The Morgan fingerprint density at radius 2 is 0.882 bits per heavy atom. The maximum absolute atomic E-state index is 13.5. The first kappa shape index (κ1) is 123. The van der Waals surface area contributed by atoms with Crippen LogP contribution in [0.4, 0.5) is 120 Å². The number of halogens is 25. The molecule has 8 aromatic rings. The summed E-state index contributed by atoms with van der Waals surface area (Å²) in [6.45, 7) is 21.8. The molecule has 0 spiro atoms. The van der Waals surface area contributed by atoms with Crippen LogP contribution in [0.1, 0.15) is 111 Å². The number of nitrogens with zero attached hydrogens (tertiary/aromatic N) is 5. The number of carboxylic acids is 1. The molecule has 27 nitrogen and oxygen atoms in total. The van der Waals surface area contributed by atoms with Crippen molar-refractivity contribution in [1.82, 2.24) is 9.13 Å². The van der Waals surface area contributed by atoms with E-state index in [2.05, 4.69) is 109 Å². The van der Waals surface area contributed by atoms with Crippen LogP contribution in [-0.2, 0) is 86.0 Å². The number of esters is 5. The predicted octanol–water partition coefficient (Wildman–Crippen LogP) is 18.7. The number of alkyl halides is 18. The number of methoxy groups -OCH3 is 5. The minimum absolute atomic E-state index is 0. The zero-order valence-corrected chi connectivity index (χ0v) is 76.1. The average molecular weight is 2280 g/mol. The summed E-state index contributed by atoms with van der Waals surface area (Å²) in [7, 11) is -0.781. The molecule has 5 N–H and O–H groups in total.